The molecule has 0 spiro atoms. The van der Waals surface area contributed by atoms with E-state index in [1.54, 1.807) is 7.11 Å². The van der Waals surface area contributed by atoms with Crippen LogP contribution in [-0.2, 0) is 0 Å². The maximum Gasteiger partial charge on any atom is 0.191 e. The average molecular weight is 504 g/mol. The van der Waals surface area contributed by atoms with Crippen molar-refractivity contribution < 1.29 is 9.84 Å². The van der Waals surface area contributed by atoms with Gasteiger partial charge in [0.25, 0.3) is 0 Å². The van der Waals surface area contributed by atoms with E-state index in [9.17, 15) is 5.11 Å². The normalized spacial score (nSPS) is 13.3. The molecule has 0 saturated carbocycles. The van der Waals surface area contributed by atoms with Gasteiger partial charge in [-0.25, -0.2) is 0 Å². The molecule has 0 aromatic heterocycles. The number of halogens is 2. The third-order valence-electron chi connectivity index (χ3n) is 3.99. The van der Waals surface area contributed by atoms with Crippen LogP contribution < -0.4 is 15.4 Å². The van der Waals surface area contributed by atoms with Crippen LogP contribution in [0.15, 0.2) is 53.5 Å². The Kier molecular flexibility index (Phi) is 10.5. The van der Waals surface area contributed by atoms with Crippen LogP contribution in [0.2, 0.25) is 5.02 Å². The SMILES string of the molecule is CCNC(=NCC(O)c1ccc(OC)cc1)NC(C)c1ccccc1Cl.I. The van der Waals surface area contributed by atoms with Crippen LogP contribution in [0.25, 0.3) is 0 Å². The standard InChI is InChI=1S/C20H26ClN3O2.HI/c1-4-22-20(24-14(2)17-7-5-6-8-18(17)21)23-13-19(25)15-9-11-16(26-3)12-10-15;/h5-12,14,19,25H,4,13H2,1-3H3,(H2,22,23,24);1H. The van der Waals surface area contributed by atoms with Gasteiger partial charge in [-0.3, -0.25) is 4.99 Å². The van der Waals surface area contributed by atoms with E-state index in [-0.39, 0.29) is 36.6 Å². The van der Waals surface area contributed by atoms with Gasteiger partial charge >= 0.3 is 0 Å². The predicted molar refractivity (Wildman–Crippen MR) is 122 cm³/mol. The van der Waals surface area contributed by atoms with Gasteiger partial charge in [-0.15, -0.1) is 24.0 Å². The Hall–Kier alpha value is -1.51. The lowest BCUT2D eigenvalue weighted by Crippen LogP contribution is -2.39. The fraction of sp³-hybridized carbons (Fsp3) is 0.350. The zero-order chi connectivity index (χ0) is 18.9. The molecule has 7 heteroatoms. The summed E-state index contributed by atoms with van der Waals surface area (Å²) in [6.45, 7) is 4.99. The molecule has 2 rings (SSSR count). The molecule has 148 valence electrons. The Morgan fingerprint density at radius 3 is 2.44 bits per heavy atom. The van der Waals surface area contributed by atoms with Gasteiger partial charge in [0.05, 0.1) is 25.8 Å². The lowest BCUT2D eigenvalue weighted by Gasteiger charge is -2.19. The summed E-state index contributed by atoms with van der Waals surface area (Å²) in [6.07, 6.45) is -0.688. The maximum absolute atomic E-state index is 10.4. The number of aliphatic hydroxyl groups excluding tert-OH is 1. The molecule has 0 saturated heterocycles. The van der Waals surface area contributed by atoms with Crippen molar-refractivity contribution >= 4 is 41.5 Å². The average Bonchev–Trinajstić information content (AvgIpc) is 2.66. The topological polar surface area (TPSA) is 65.9 Å². The lowest BCUT2D eigenvalue weighted by molar-refractivity contribution is 0.187. The second-order valence-electron chi connectivity index (χ2n) is 5.90. The second-order valence-corrected chi connectivity index (χ2v) is 6.30. The molecule has 0 aliphatic carbocycles. The van der Waals surface area contributed by atoms with E-state index in [0.29, 0.717) is 11.0 Å². The highest BCUT2D eigenvalue weighted by atomic mass is 127. The minimum atomic E-state index is -0.688. The van der Waals surface area contributed by atoms with E-state index < -0.39 is 6.10 Å². The number of hydrogen-bond donors (Lipinski definition) is 3. The van der Waals surface area contributed by atoms with E-state index in [0.717, 1.165) is 23.4 Å². The number of ether oxygens (including phenoxy) is 1. The highest BCUT2D eigenvalue weighted by Crippen LogP contribution is 2.22. The summed E-state index contributed by atoms with van der Waals surface area (Å²) in [6, 6.07) is 15.0. The van der Waals surface area contributed by atoms with Gasteiger partial charge in [0.1, 0.15) is 5.75 Å². The third kappa shape index (κ3) is 7.20. The number of aliphatic hydroxyl groups is 1. The van der Waals surface area contributed by atoms with Gasteiger partial charge in [-0.2, -0.15) is 0 Å². The highest BCUT2D eigenvalue weighted by molar-refractivity contribution is 14.0. The van der Waals surface area contributed by atoms with Crippen LogP contribution in [0.5, 0.6) is 5.75 Å². The van der Waals surface area contributed by atoms with E-state index in [2.05, 4.69) is 15.6 Å². The first-order valence-corrected chi connectivity index (χ1v) is 9.04. The summed E-state index contributed by atoms with van der Waals surface area (Å²) in [5.74, 6) is 1.39. The fourth-order valence-electron chi connectivity index (χ4n) is 2.54. The molecular weight excluding hydrogens is 477 g/mol. The summed E-state index contributed by atoms with van der Waals surface area (Å²) in [4.78, 5) is 4.50. The predicted octanol–water partition coefficient (Wildman–Crippen LogP) is 4.32. The number of aliphatic imine (C=N–C) groups is 1. The first-order chi connectivity index (χ1) is 12.5. The van der Waals surface area contributed by atoms with Gasteiger partial charge in [0.15, 0.2) is 5.96 Å². The minimum absolute atomic E-state index is 0. The van der Waals surface area contributed by atoms with Crippen molar-refractivity contribution in [3.8, 4) is 5.75 Å². The monoisotopic (exact) mass is 503 g/mol. The van der Waals surface area contributed by atoms with Crippen LogP contribution in [0.3, 0.4) is 0 Å². The molecule has 0 aliphatic rings. The van der Waals surface area contributed by atoms with Gasteiger partial charge in [-0.1, -0.05) is 41.9 Å². The summed E-state index contributed by atoms with van der Waals surface area (Å²) >= 11 is 6.26. The van der Waals surface area contributed by atoms with Gasteiger partial charge < -0.3 is 20.5 Å². The lowest BCUT2D eigenvalue weighted by atomic mass is 10.1. The smallest absolute Gasteiger partial charge is 0.191 e. The fourth-order valence-corrected chi connectivity index (χ4v) is 2.84. The molecule has 2 atom stereocenters. The molecule has 5 nitrogen and oxygen atoms in total. The molecular formula is C20H27ClIN3O2. The minimum Gasteiger partial charge on any atom is -0.497 e. The number of methoxy groups -OCH3 is 1. The van der Waals surface area contributed by atoms with E-state index in [1.165, 1.54) is 0 Å². The van der Waals surface area contributed by atoms with E-state index in [4.69, 9.17) is 16.3 Å². The van der Waals surface area contributed by atoms with Crippen molar-refractivity contribution in [3.05, 3.63) is 64.7 Å². The van der Waals surface area contributed by atoms with Crippen molar-refractivity contribution in [2.45, 2.75) is 26.0 Å². The maximum atomic E-state index is 10.4. The summed E-state index contributed by atoms with van der Waals surface area (Å²) in [5, 5.41) is 17.6. The summed E-state index contributed by atoms with van der Waals surface area (Å²) < 4.78 is 5.13. The summed E-state index contributed by atoms with van der Waals surface area (Å²) in [7, 11) is 1.62. The third-order valence-corrected chi connectivity index (χ3v) is 4.34. The quantitative estimate of drug-likeness (QED) is 0.299. The zero-order valence-corrected chi connectivity index (χ0v) is 18.9. The van der Waals surface area contributed by atoms with Gasteiger partial charge in [0.2, 0.25) is 0 Å². The Morgan fingerprint density at radius 2 is 1.85 bits per heavy atom. The number of nitrogens with zero attached hydrogens (tertiary/aromatic N) is 1. The van der Waals surface area contributed by atoms with Crippen molar-refractivity contribution in [3.63, 3.8) is 0 Å². The van der Waals surface area contributed by atoms with Gasteiger partial charge in [0, 0.05) is 11.6 Å². The zero-order valence-electron chi connectivity index (χ0n) is 15.8. The molecule has 3 N–H and O–H groups in total. The molecule has 0 amide bonds. The number of hydrogen-bond acceptors (Lipinski definition) is 3. The van der Waals surface area contributed by atoms with Crippen LogP contribution >= 0.6 is 35.6 Å². The highest BCUT2D eigenvalue weighted by Gasteiger charge is 2.12. The molecule has 2 aromatic carbocycles. The van der Waals surface area contributed by atoms with Crippen LogP contribution in [0, 0.1) is 0 Å². The number of nitrogens with one attached hydrogen (secondary N) is 2. The molecule has 27 heavy (non-hydrogen) atoms. The van der Waals surface area contributed by atoms with Crippen LogP contribution in [-0.4, -0.2) is 31.3 Å². The first-order valence-electron chi connectivity index (χ1n) is 8.66. The number of benzene rings is 2. The molecule has 0 radical (unpaired) electrons. The largest absolute Gasteiger partial charge is 0.497 e. The van der Waals surface area contributed by atoms with E-state index in [1.807, 2.05) is 62.4 Å². The van der Waals surface area contributed by atoms with Crippen molar-refractivity contribution in [1.82, 2.24) is 10.6 Å². The van der Waals surface area contributed by atoms with Crippen molar-refractivity contribution in [1.29, 1.82) is 0 Å². The Labute approximate surface area is 183 Å². The van der Waals surface area contributed by atoms with Crippen molar-refractivity contribution in [2.24, 2.45) is 4.99 Å². The van der Waals surface area contributed by atoms with Crippen molar-refractivity contribution in [2.75, 3.05) is 20.2 Å². The molecule has 2 unspecified atom stereocenters. The molecule has 0 aliphatic heterocycles. The number of guanidine groups is 1. The Morgan fingerprint density at radius 1 is 1.19 bits per heavy atom. The molecule has 0 bridgehead atoms. The summed E-state index contributed by atoms with van der Waals surface area (Å²) in [5.41, 5.74) is 1.79. The molecule has 0 heterocycles. The Bertz CT molecular complexity index is 725. The van der Waals surface area contributed by atoms with E-state index >= 15 is 0 Å². The van der Waals surface area contributed by atoms with Gasteiger partial charge in [-0.05, 0) is 43.2 Å². The van der Waals surface area contributed by atoms with Crippen LogP contribution in [0.4, 0.5) is 0 Å². The number of rotatable bonds is 7. The Balaban J connectivity index is 0.00000364. The first kappa shape index (κ1) is 23.5. The second kappa shape index (κ2) is 12.0. The molecule has 2 aromatic rings. The molecule has 0 fully saturated rings. The van der Waals surface area contributed by atoms with Crippen LogP contribution in [0.1, 0.15) is 37.1 Å².